The Labute approximate surface area is 230 Å². The molecule has 1 atom stereocenters. The molecule has 0 aliphatic carbocycles. The summed E-state index contributed by atoms with van der Waals surface area (Å²) in [5.74, 6) is 1.67. The molecular formula is C26H40N10O3. The molecule has 3 heterocycles. The monoisotopic (exact) mass is 540 g/mol. The number of aldehydes is 1. The first-order valence-corrected chi connectivity index (χ1v) is 13.6. The minimum atomic E-state index is -0.0830. The lowest BCUT2D eigenvalue weighted by molar-refractivity contribution is -0.107. The molecule has 0 bridgehead atoms. The van der Waals surface area contributed by atoms with Crippen molar-refractivity contribution in [1.29, 1.82) is 5.26 Å². The van der Waals surface area contributed by atoms with Gasteiger partial charge in [0.2, 0.25) is 11.8 Å². The SMILES string of the molecule is CCc1c(C#N)c(/N=N\c2c(NCCC=O)nc(N(CC)CC)nc2NC(C)COC)nn1C1CCOCC1. The van der Waals surface area contributed by atoms with Crippen molar-refractivity contribution < 1.29 is 14.3 Å². The van der Waals surface area contributed by atoms with Crippen LogP contribution in [-0.2, 0) is 20.7 Å². The second-order valence-corrected chi connectivity index (χ2v) is 9.22. The van der Waals surface area contributed by atoms with Crippen molar-refractivity contribution in [3.63, 3.8) is 0 Å². The van der Waals surface area contributed by atoms with Crippen molar-refractivity contribution in [2.75, 3.05) is 62.1 Å². The van der Waals surface area contributed by atoms with Gasteiger partial charge >= 0.3 is 0 Å². The number of nitrogens with one attached hydrogen (secondary N) is 2. The van der Waals surface area contributed by atoms with Gasteiger partial charge in [-0.2, -0.15) is 15.2 Å². The average Bonchev–Trinajstić information content (AvgIpc) is 3.31. The van der Waals surface area contributed by atoms with E-state index in [-0.39, 0.29) is 17.9 Å². The number of anilines is 3. The number of hydrogen-bond donors (Lipinski definition) is 2. The molecule has 1 aliphatic rings. The minimum Gasteiger partial charge on any atom is -0.383 e. The summed E-state index contributed by atoms with van der Waals surface area (Å²) >= 11 is 0. The molecule has 13 heteroatoms. The van der Waals surface area contributed by atoms with Gasteiger partial charge in [0.1, 0.15) is 17.9 Å². The fourth-order valence-electron chi connectivity index (χ4n) is 4.49. The molecule has 0 saturated carbocycles. The molecule has 3 rings (SSSR count). The van der Waals surface area contributed by atoms with Crippen molar-refractivity contribution >= 4 is 35.4 Å². The third-order valence-corrected chi connectivity index (χ3v) is 6.49. The van der Waals surface area contributed by atoms with Crippen LogP contribution in [0.5, 0.6) is 0 Å². The second kappa shape index (κ2) is 15.1. The first kappa shape index (κ1) is 29.9. The van der Waals surface area contributed by atoms with Crippen LogP contribution in [0, 0.1) is 11.3 Å². The van der Waals surface area contributed by atoms with Crippen molar-refractivity contribution in [2.45, 2.75) is 65.5 Å². The van der Waals surface area contributed by atoms with Crippen LogP contribution in [-0.4, -0.2) is 78.6 Å². The average molecular weight is 541 g/mol. The summed E-state index contributed by atoms with van der Waals surface area (Å²) in [6, 6.07) is 2.34. The smallest absolute Gasteiger partial charge is 0.229 e. The number of rotatable bonds is 15. The van der Waals surface area contributed by atoms with Gasteiger partial charge in [0.25, 0.3) is 0 Å². The number of nitrogens with zero attached hydrogens (tertiary/aromatic N) is 8. The molecule has 2 N–H and O–H groups in total. The van der Waals surface area contributed by atoms with Gasteiger partial charge < -0.3 is 29.8 Å². The highest BCUT2D eigenvalue weighted by molar-refractivity contribution is 5.76. The fourth-order valence-corrected chi connectivity index (χ4v) is 4.49. The van der Waals surface area contributed by atoms with E-state index in [1.807, 2.05) is 37.3 Å². The number of azo groups is 1. The molecule has 0 aromatic carbocycles. The number of nitriles is 1. The maximum atomic E-state index is 11.0. The first-order valence-electron chi connectivity index (χ1n) is 13.6. The number of carbonyl (C=O) groups is 1. The summed E-state index contributed by atoms with van der Waals surface area (Å²) in [7, 11) is 1.63. The predicted octanol–water partition coefficient (Wildman–Crippen LogP) is 4.17. The summed E-state index contributed by atoms with van der Waals surface area (Å²) in [6.45, 7) is 11.6. The highest BCUT2D eigenvalue weighted by Gasteiger charge is 2.25. The largest absolute Gasteiger partial charge is 0.383 e. The molecule has 0 radical (unpaired) electrons. The highest BCUT2D eigenvalue weighted by atomic mass is 16.5. The summed E-state index contributed by atoms with van der Waals surface area (Å²) in [5, 5.41) is 30.3. The van der Waals surface area contributed by atoms with E-state index in [0.717, 1.165) is 24.8 Å². The molecule has 212 valence electrons. The van der Waals surface area contributed by atoms with E-state index >= 15 is 0 Å². The van der Waals surface area contributed by atoms with E-state index in [2.05, 4.69) is 26.9 Å². The van der Waals surface area contributed by atoms with E-state index in [0.29, 0.717) is 81.1 Å². The fraction of sp³-hybridized carbons (Fsp3) is 0.654. The Hall–Kier alpha value is -3.63. The first-order chi connectivity index (χ1) is 19.0. The number of methoxy groups -OCH3 is 1. The summed E-state index contributed by atoms with van der Waals surface area (Å²) < 4.78 is 12.7. The van der Waals surface area contributed by atoms with Crippen molar-refractivity contribution in [1.82, 2.24) is 19.7 Å². The lowest BCUT2D eigenvalue weighted by atomic mass is 10.1. The van der Waals surface area contributed by atoms with E-state index in [9.17, 15) is 10.1 Å². The Morgan fingerprint density at radius 3 is 2.56 bits per heavy atom. The molecular weight excluding hydrogens is 500 g/mol. The number of carbonyl (C=O) groups excluding carboxylic acids is 1. The molecule has 2 aromatic heterocycles. The van der Waals surface area contributed by atoms with Crippen LogP contribution in [0.25, 0.3) is 0 Å². The molecule has 0 spiro atoms. The lowest BCUT2D eigenvalue weighted by Gasteiger charge is -2.23. The van der Waals surface area contributed by atoms with Gasteiger partial charge in [0.05, 0.1) is 18.3 Å². The van der Waals surface area contributed by atoms with Gasteiger partial charge in [-0.1, -0.05) is 6.92 Å². The van der Waals surface area contributed by atoms with Crippen LogP contribution in [0.4, 0.5) is 29.1 Å². The topological polar surface area (TPSA) is 155 Å². The zero-order valence-electron chi connectivity index (χ0n) is 23.6. The van der Waals surface area contributed by atoms with Crippen LogP contribution in [0.15, 0.2) is 10.2 Å². The molecule has 1 saturated heterocycles. The summed E-state index contributed by atoms with van der Waals surface area (Å²) in [6.07, 6.45) is 3.44. The van der Waals surface area contributed by atoms with Crippen LogP contribution in [0.1, 0.15) is 64.3 Å². The van der Waals surface area contributed by atoms with Gasteiger partial charge in [-0.25, -0.2) is 0 Å². The van der Waals surface area contributed by atoms with Crippen LogP contribution in [0.2, 0.25) is 0 Å². The Morgan fingerprint density at radius 2 is 1.95 bits per heavy atom. The third kappa shape index (κ3) is 7.48. The normalized spacial score (nSPS) is 14.8. The minimum absolute atomic E-state index is 0.0830. The van der Waals surface area contributed by atoms with Crippen LogP contribution >= 0.6 is 0 Å². The van der Waals surface area contributed by atoms with Gasteiger partial charge in [-0.3, -0.25) is 4.68 Å². The van der Waals surface area contributed by atoms with Crippen LogP contribution in [0.3, 0.4) is 0 Å². The Balaban J connectivity index is 2.11. The van der Waals surface area contributed by atoms with Crippen molar-refractivity contribution in [2.24, 2.45) is 10.2 Å². The molecule has 1 fully saturated rings. The van der Waals surface area contributed by atoms with Gasteiger partial charge in [0.15, 0.2) is 17.3 Å². The zero-order valence-corrected chi connectivity index (χ0v) is 23.6. The number of aromatic nitrogens is 4. The Kier molecular flexibility index (Phi) is 11.6. The Bertz CT molecular complexity index is 1150. The number of hydrogen-bond acceptors (Lipinski definition) is 12. The third-order valence-electron chi connectivity index (χ3n) is 6.49. The maximum Gasteiger partial charge on any atom is 0.229 e. The number of ether oxygens (including phenoxy) is 2. The quantitative estimate of drug-likeness (QED) is 0.191. The molecule has 13 nitrogen and oxygen atoms in total. The van der Waals surface area contributed by atoms with Crippen LogP contribution < -0.4 is 15.5 Å². The predicted molar refractivity (Wildman–Crippen MR) is 149 cm³/mol. The molecule has 0 amide bonds. The summed E-state index contributed by atoms with van der Waals surface area (Å²) in [4.78, 5) is 22.5. The maximum absolute atomic E-state index is 11.0. The summed E-state index contributed by atoms with van der Waals surface area (Å²) in [5.41, 5.74) is 1.61. The standard InChI is InChI=1S/C26H40N10O3/c1-6-21-20(16-27)23(34-36(21)19-10-14-39-15-11-19)33-32-22-24(28-12-9-13-37)30-26(35(7-2)8-3)31-25(22)29-18(4)17-38-5/h13,18-19H,6-12,14-15,17H2,1-5H3,(H2,28,29,30,31)/b33-32-. The van der Waals surface area contributed by atoms with Gasteiger partial charge in [-0.05, 0) is 40.0 Å². The van der Waals surface area contributed by atoms with E-state index in [4.69, 9.17) is 24.5 Å². The van der Waals surface area contributed by atoms with Crippen molar-refractivity contribution in [3.05, 3.63) is 11.3 Å². The molecule has 1 aliphatic heterocycles. The molecule has 2 aromatic rings. The van der Waals surface area contributed by atoms with E-state index < -0.39 is 0 Å². The molecule has 1 unspecified atom stereocenters. The van der Waals surface area contributed by atoms with E-state index in [1.165, 1.54) is 0 Å². The van der Waals surface area contributed by atoms with Gasteiger partial charge in [0, 0.05) is 52.4 Å². The second-order valence-electron chi connectivity index (χ2n) is 9.22. The highest BCUT2D eigenvalue weighted by Crippen LogP contribution is 2.36. The van der Waals surface area contributed by atoms with E-state index in [1.54, 1.807) is 7.11 Å². The lowest BCUT2D eigenvalue weighted by Crippen LogP contribution is -2.27. The molecule has 39 heavy (non-hydrogen) atoms. The van der Waals surface area contributed by atoms with Crippen molar-refractivity contribution in [3.8, 4) is 6.07 Å². The Morgan fingerprint density at radius 1 is 1.23 bits per heavy atom. The van der Waals surface area contributed by atoms with Gasteiger partial charge in [-0.15, -0.1) is 15.3 Å². The zero-order chi connectivity index (χ0) is 28.2.